The third-order valence-corrected chi connectivity index (χ3v) is 8.90. The topological polar surface area (TPSA) is 140 Å². The van der Waals surface area contributed by atoms with Gasteiger partial charge in [-0.3, -0.25) is 4.79 Å². The molecule has 1 amide bonds. The zero-order valence-electron chi connectivity index (χ0n) is 17.4. The number of nitrogens with zero attached hydrogens (tertiary/aromatic N) is 3. The molecule has 0 spiro atoms. The van der Waals surface area contributed by atoms with E-state index in [1.807, 2.05) is 6.07 Å². The van der Waals surface area contributed by atoms with Gasteiger partial charge in [0.15, 0.2) is 0 Å². The Morgan fingerprint density at radius 2 is 2.00 bits per heavy atom. The molecule has 0 radical (unpaired) electrons. The summed E-state index contributed by atoms with van der Waals surface area (Å²) in [6.07, 6.45) is 0. The van der Waals surface area contributed by atoms with E-state index in [-0.39, 0.29) is 39.9 Å². The van der Waals surface area contributed by atoms with E-state index in [9.17, 15) is 28.4 Å². The number of aryl methyl sites for hydroxylation is 2. The first kappa shape index (κ1) is 23.0. The predicted molar refractivity (Wildman–Crippen MR) is 123 cm³/mol. The van der Waals surface area contributed by atoms with Crippen molar-refractivity contribution in [2.75, 3.05) is 18.0 Å². The Hall–Kier alpha value is -3.20. The van der Waals surface area contributed by atoms with E-state index in [0.29, 0.717) is 16.0 Å². The minimum absolute atomic E-state index is 0.0533. The fourth-order valence-electron chi connectivity index (χ4n) is 3.64. The van der Waals surface area contributed by atoms with Gasteiger partial charge in [-0.2, -0.15) is 5.26 Å². The first-order valence-electron chi connectivity index (χ1n) is 9.67. The second-order valence-corrected chi connectivity index (χ2v) is 11.0. The van der Waals surface area contributed by atoms with E-state index in [1.54, 1.807) is 30.0 Å². The maximum atomic E-state index is 12.9. The molecule has 0 aliphatic carbocycles. The smallest absolute Gasteiger partial charge is 0.337 e. The lowest BCUT2D eigenvalue weighted by Crippen LogP contribution is -2.55. The molecule has 0 saturated carbocycles. The number of pyridine rings is 1. The number of hydrogen-bond donors (Lipinski definition) is 2. The number of benzene rings is 1. The molecule has 3 heterocycles. The van der Waals surface area contributed by atoms with Crippen molar-refractivity contribution in [3.05, 3.63) is 51.7 Å². The van der Waals surface area contributed by atoms with Gasteiger partial charge in [0.2, 0.25) is 5.91 Å². The van der Waals surface area contributed by atoms with Gasteiger partial charge in [0, 0.05) is 22.8 Å². The molecule has 0 bridgehead atoms. The molecule has 2 aromatic heterocycles. The molecule has 12 heteroatoms. The number of amides is 1. The number of carboxylic acids is 1. The van der Waals surface area contributed by atoms with Crippen LogP contribution in [0.2, 0.25) is 5.02 Å². The summed E-state index contributed by atoms with van der Waals surface area (Å²) in [6.45, 7) is 3.48. The second kappa shape index (κ2) is 8.30. The molecular weight excluding hydrogens is 488 g/mol. The minimum atomic E-state index is -4.08. The van der Waals surface area contributed by atoms with Gasteiger partial charge >= 0.3 is 5.97 Å². The molecule has 9 nitrogen and oxygen atoms in total. The summed E-state index contributed by atoms with van der Waals surface area (Å²) in [6, 6.07) is 8.26. The van der Waals surface area contributed by atoms with Gasteiger partial charge in [-0.15, -0.1) is 11.3 Å². The number of rotatable bonds is 5. The number of thiophene rings is 1. The lowest BCUT2D eigenvalue weighted by molar-refractivity contribution is -0.123. The normalized spacial score (nSPS) is 14.1. The Morgan fingerprint density at radius 3 is 2.64 bits per heavy atom. The Morgan fingerprint density at radius 1 is 1.30 bits per heavy atom. The number of nitrogens with one attached hydrogen (secondary N) is 1. The molecule has 33 heavy (non-hydrogen) atoms. The average molecular weight is 505 g/mol. The van der Waals surface area contributed by atoms with Gasteiger partial charge in [0.05, 0.1) is 22.7 Å². The highest BCUT2D eigenvalue weighted by Crippen LogP contribution is 2.36. The summed E-state index contributed by atoms with van der Waals surface area (Å²) >= 11 is 7.07. The number of carbonyl (C=O) groups is 2. The highest BCUT2D eigenvalue weighted by Gasteiger charge is 2.37. The van der Waals surface area contributed by atoms with E-state index in [2.05, 4.69) is 9.71 Å². The van der Waals surface area contributed by atoms with Crippen LogP contribution in [-0.4, -0.2) is 43.5 Å². The summed E-state index contributed by atoms with van der Waals surface area (Å²) in [5.74, 6) is -2.20. The van der Waals surface area contributed by atoms with Crippen LogP contribution in [0.3, 0.4) is 0 Å². The maximum Gasteiger partial charge on any atom is 0.337 e. The zero-order valence-corrected chi connectivity index (χ0v) is 19.8. The molecule has 2 N–H and O–H groups in total. The summed E-state index contributed by atoms with van der Waals surface area (Å²) < 4.78 is 28.7. The van der Waals surface area contributed by atoms with Gasteiger partial charge in [0.25, 0.3) is 10.0 Å². The largest absolute Gasteiger partial charge is 0.478 e. The van der Waals surface area contributed by atoms with Gasteiger partial charge in [-0.1, -0.05) is 11.6 Å². The van der Waals surface area contributed by atoms with Crippen molar-refractivity contribution in [2.45, 2.75) is 18.1 Å². The quantitative estimate of drug-likeness (QED) is 0.540. The number of sulfonamides is 1. The molecule has 1 aromatic carbocycles. The van der Waals surface area contributed by atoms with E-state index >= 15 is 0 Å². The van der Waals surface area contributed by atoms with Gasteiger partial charge in [0.1, 0.15) is 16.1 Å². The highest BCUT2D eigenvalue weighted by molar-refractivity contribution is 7.92. The maximum absolute atomic E-state index is 12.9. The molecular formula is C21H17ClN4O5S2. The first-order chi connectivity index (χ1) is 15.5. The lowest BCUT2D eigenvalue weighted by atomic mass is 9.98. The van der Waals surface area contributed by atoms with E-state index in [4.69, 9.17) is 11.6 Å². The van der Waals surface area contributed by atoms with Crippen LogP contribution < -0.4 is 9.62 Å². The van der Waals surface area contributed by atoms with Crippen molar-refractivity contribution in [2.24, 2.45) is 5.92 Å². The molecule has 1 saturated heterocycles. The first-order valence-corrected chi connectivity index (χ1v) is 12.3. The van der Waals surface area contributed by atoms with Crippen molar-refractivity contribution >= 4 is 60.7 Å². The molecule has 1 aliphatic rings. The molecule has 0 atom stereocenters. The zero-order chi connectivity index (χ0) is 24.1. The van der Waals surface area contributed by atoms with E-state index in [0.717, 1.165) is 16.0 Å². The predicted octanol–water partition coefficient (Wildman–Crippen LogP) is 3.08. The van der Waals surface area contributed by atoms with Crippen LogP contribution in [0.1, 0.15) is 27.2 Å². The fourth-order valence-corrected chi connectivity index (χ4v) is 6.60. The SMILES string of the molecule is Cc1nc(N2CC(C(=O)NS(=O)(=O)c3sc4ccc(Cl)cc4c3C)C2)c(C#N)cc1C(=O)O. The van der Waals surface area contributed by atoms with Crippen molar-refractivity contribution in [3.63, 3.8) is 0 Å². The molecule has 1 fully saturated rings. The summed E-state index contributed by atoms with van der Waals surface area (Å²) in [5.41, 5.74) is 0.762. The van der Waals surface area contributed by atoms with Crippen LogP contribution in [0.15, 0.2) is 28.5 Å². The molecule has 4 rings (SSSR count). The Labute approximate surface area is 198 Å². The van der Waals surface area contributed by atoms with Crippen LogP contribution in [0.25, 0.3) is 10.1 Å². The Balaban J connectivity index is 1.50. The number of hydrogen-bond acceptors (Lipinski definition) is 8. The number of carbonyl (C=O) groups excluding carboxylic acids is 1. The number of fused-ring (bicyclic) bond motifs is 1. The summed E-state index contributed by atoms with van der Waals surface area (Å²) in [5, 5.41) is 19.8. The summed E-state index contributed by atoms with van der Waals surface area (Å²) in [4.78, 5) is 29.8. The summed E-state index contributed by atoms with van der Waals surface area (Å²) in [7, 11) is -4.08. The Bertz CT molecular complexity index is 1470. The number of carboxylic acid groups (broad SMARTS) is 1. The third kappa shape index (κ3) is 4.13. The minimum Gasteiger partial charge on any atom is -0.478 e. The highest BCUT2D eigenvalue weighted by atomic mass is 35.5. The molecule has 3 aromatic rings. The van der Waals surface area contributed by atoms with E-state index in [1.165, 1.54) is 13.0 Å². The van der Waals surface area contributed by atoms with Gasteiger partial charge < -0.3 is 10.0 Å². The van der Waals surface area contributed by atoms with Crippen molar-refractivity contribution in [1.82, 2.24) is 9.71 Å². The van der Waals surface area contributed by atoms with Gasteiger partial charge in [-0.25, -0.2) is 22.9 Å². The molecule has 170 valence electrons. The Kier molecular flexibility index (Phi) is 5.78. The van der Waals surface area contributed by atoms with E-state index < -0.39 is 27.8 Å². The fraction of sp³-hybridized carbons (Fsp3) is 0.238. The monoisotopic (exact) mass is 504 g/mol. The number of nitriles is 1. The lowest BCUT2D eigenvalue weighted by Gasteiger charge is -2.39. The average Bonchev–Trinajstić information content (AvgIpc) is 3.03. The van der Waals surface area contributed by atoms with Crippen LogP contribution in [0.5, 0.6) is 0 Å². The van der Waals surface area contributed by atoms with Gasteiger partial charge in [-0.05, 0) is 49.1 Å². The number of anilines is 1. The molecule has 1 aliphatic heterocycles. The van der Waals surface area contributed by atoms with Crippen LogP contribution in [0, 0.1) is 31.1 Å². The van der Waals surface area contributed by atoms with Crippen LogP contribution in [0.4, 0.5) is 5.82 Å². The molecule has 0 unspecified atom stereocenters. The van der Waals surface area contributed by atoms with Crippen molar-refractivity contribution in [1.29, 1.82) is 5.26 Å². The number of halogens is 1. The van der Waals surface area contributed by atoms with Crippen molar-refractivity contribution < 1.29 is 23.1 Å². The third-order valence-electron chi connectivity index (χ3n) is 5.43. The standard InChI is InChI=1S/C21H17ClN4O5S2/c1-10-15-6-14(22)3-4-17(15)32-21(10)33(30,31)25-19(27)13-8-26(9-13)18-12(7-23)5-16(20(28)29)11(2)24-18/h3-6,13H,8-9H2,1-2H3,(H,25,27)(H,28,29). The second-order valence-electron chi connectivity index (χ2n) is 7.64. The van der Waals surface area contributed by atoms with Crippen LogP contribution >= 0.6 is 22.9 Å². The number of aromatic nitrogens is 1. The van der Waals surface area contributed by atoms with Crippen LogP contribution in [-0.2, 0) is 14.8 Å². The number of aromatic carboxylic acids is 1. The van der Waals surface area contributed by atoms with Crippen molar-refractivity contribution in [3.8, 4) is 6.07 Å².